The molecule has 88 valence electrons. The number of ether oxygens (including phenoxy) is 1. The molecule has 0 aliphatic heterocycles. The largest absolute Gasteiger partial charge is 0.468 e. The molecule has 0 aliphatic rings. The predicted octanol–water partition coefficient (Wildman–Crippen LogP) is 1.45. The number of aromatic nitrogens is 1. The van der Waals surface area contributed by atoms with E-state index in [1.807, 2.05) is 35.0 Å². The number of fused-ring (bicyclic) bond motifs is 1. The van der Waals surface area contributed by atoms with Gasteiger partial charge in [-0.05, 0) is 24.3 Å². The lowest BCUT2D eigenvalue weighted by atomic mass is 10.1. The minimum absolute atomic E-state index is 0.201. The first kappa shape index (κ1) is 11.6. The lowest BCUT2D eigenvalue weighted by Crippen LogP contribution is -2.11. The fraction of sp³-hybridized carbons (Fsp3) is 0.167. The van der Waals surface area contributed by atoms with Crippen LogP contribution in [0.2, 0.25) is 0 Å². The number of carbonyl (C=O) groups excluding carboxylic acids is 1. The second-order valence-corrected chi connectivity index (χ2v) is 4.10. The van der Waals surface area contributed by atoms with Gasteiger partial charge in [-0.1, -0.05) is 12.2 Å². The highest BCUT2D eigenvalue weighted by Gasteiger charge is 2.07. The van der Waals surface area contributed by atoms with Crippen LogP contribution >= 0.6 is 12.2 Å². The molecule has 1 aromatic heterocycles. The molecule has 0 spiro atoms. The molecular weight excluding hydrogens is 236 g/mol. The van der Waals surface area contributed by atoms with Crippen molar-refractivity contribution in [2.75, 3.05) is 7.11 Å². The average Bonchev–Trinajstić information content (AvgIpc) is 2.71. The van der Waals surface area contributed by atoms with Crippen molar-refractivity contribution in [1.29, 1.82) is 0 Å². The molecule has 1 aromatic carbocycles. The van der Waals surface area contributed by atoms with Gasteiger partial charge in [0.05, 0.1) is 7.11 Å². The van der Waals surface area contributed by atoms with Gasteiger partial charge in [0.1, 0.15) is 11.5 Å². The maximum Gasteiger partial charge on any atom is 0.325 e. The van der Waals surface area contributed by atoms with Gasteiger partial charge < -0.3 is 15.0 Å². The Hall–Kier alpha value is -1.88. The zero-order valence-corrected chi connectivity index (χ0v) is 10.2. The van der Waals surface area contributed by atoms with Crippen molar-refractivity contribution in [2.24, 2.45) is 5.73 Å². The Morgan fingerprint density at radius 1 is 1.47 bits per heavy atom. The molecule has 0 aliphatic carbocycles. The number of carbonyl (C=O) groups is 1. The summed E-state index contributed by atoms with van der Waals surface area (Å²) in [4.78, 5) is 11.6. The van der Waals surface area contributed by atoms with E-state index in [0.29, 0.717) is 4.99 Å². The van der Waals surface area contributed by atoms with Crippen molar-refractivity contribution < 1.29 is 9.53 Å². The number of nitrogens with two attached hydrogens (primary N) is 1. The van der Waals surface area contributed by atoms with Crippen molar-refractivity contribution in [3.05, 3.63) is 36.0 Å². The second-order valence-electron chi connectivity index (χ2n) is 3.66. The van der Waals surface area contributed by atoms with Gasteiger partial charge >= 0.3 is 5.97 Å². The number of hydrogen-bond donors (Lipinski definition) is 1. The molecule has 0 radical (unpaired) electrons. The Bertz CT molecular complexity index is 589. The molecule has 0 saturated heterocycles. The van der Waals surface area contributed by atoms with Gasteiger partial charge in [0.25, 0.3) is 0 Å². The number of nitrogens with zero attached hydrogens (tertiary/aromatic N) is 1. The minimum Gasteiger partial charge on any atom is -0.468 e. The predicted molar refractivity (Wildman–Crippen MR) is 69.8 cm³/mol. The highest BCUT2D eigenvalue weighted by atomic mass is 32.1. The highest BCUT2D eigenvalue weighted by molar-refractivity contribution is 7.80. The van der Waals surface area contributed by atoms with E-state index in [9.17, 15) is 4.79 Å². The molecule has 2 aromatic rings. The molecule has 0 saturated carbocycles. The Kier molecular flexibility index (Phi) is 3.10. The van der Waals surface area contributed by atoms with E-state index in [2.05, 4.69) is 4.74 Å². The van der Waals surface area contributed by atoms with Crippen molar-refractivity contribution in [3.63, 3.8) is 0 Å². The summed E-state index contributed by atoms with van der Waals surface area (Å²) in [5.41, 5.74) is 7.34. The van der Waals surface area contributed by atoms with Crippen LogP contribution in [0.1, 0.15) is 5.56 Å². The molecule has 0 unspecified atom stereocenters. The summed E-state index contributed by atoms with van der Waals surface area (Å²) in [6, 6.07) is 7.57. The molecule has 0 bridgehead atoms. The van der Waals surface area contributed by atoms with Gasteiger partial charge in [0.15, 0.2) is 0 Å². The van der Waals surface area contributed by atoms with Crippen molar-refractivity contribution >= 4 is 34.1 Å². The van der Waals surface area contributed by atoms with E-state index in [0.717, 1.165) is 16.5 Å². The van der Waals surface area contributed by atoms with Crippen LogP contribution in [0.3, 0.4) is 0 Å². The standard InChI is InChI=1S/C12H12N2O2S/c1-16-11(15)7-14-5-4-8-6-9(12(13)17)2-3-10(8)14/h2-6H,7H2,1H3,(H2,13,17). The van der Waals surface area contributed by atoms with Crippen molar-refractivity contribution in [2.45, 2.75) is 6.54 Å². The quantitative estimate of drug-likeness (QED) is 0.660. The third-order valence-corrected chi connectivity index (χ3v) is 2.82. The third kappa shape index (κ3) is 2.29. The summed E-state index contributed by atoms with van der Waals surface area (Å²) >= 11 is 4.92. The molecule has 0 fully saturated rings. The Morgan fingerprint density at radius 3 is 2.88 bits per heavy atom. The fourth-order valence-corrected chi connectivity index (χ4v) is 1.82. The first-order valence-electron chi connectivity index (χ1n) is 5.07. The van der Waals surface area contributed by atoms with E-state index < -0.39 is 0 Å². The van der Waals surface area contributed by atoms with Gasteiger partial charge in [-0.3, -0.25) is 4.79 Å². The van der Waals surface area contributed by atoms with Crippen LogP contribution in [0.15, 0.2) is 30.5 Å². The Morgan fingerprint density at radius 2 is 2.24 bits per heavy atom. The Balaban J connectivity index is 2.41. The van der Waals surface area contributed by atoms with E-state index in [-0.39, 0.29) is 12.5 Å². The van der Waals surface area contributed by atoms with Crippen molar-refractivity contribution in [3.8, 4) is 0 Å². The first-order valence-corrected chi connectivity index (χ1v) is 5.48. The van der Waals surface area contributed by atoms with E-state index in [1.54, 1.807) is 0 Å². The molecule has 0 amide bonds. The third-order valence-electron chi connectivity index (χ3n) is 2.58. The van der Waals surface area contributed by atoms with Crippen LogP contribution in [0.4, 0.5) is 0 Å². The van der Waals surface area contributed by atoms with Gasteiger partial charge in [-0.25, -0.2) is 0 Å². The SMILES string of the molecule is COC(=O)Cn1ccc2cc(C(N)=S)ccc21. The maximum atomic E-state index is 11.2. The van der Waals surface area contributed by atoms with Crippen LogP contribution in [0, 0.1) is 0 Å². The fourth-order valence-electron chi connectivity index (χ4n) is 1.69. The molecular formula is C12H12N2O2S. The number of hydrogen-bond acceptors (Lipinski definition) is 3. The molecule has 1 heterocycles. The summed E-state index contributed by atoms with van der Waals surface area (Å²) in [7, 11) is 1.37. The van der Waals surface area contributed by atoms with E-state index in [4.69, 9.17) is 18.0 Å². The van der Waals surface area contributed by atoms with Crippen molar-refractivity contribution in [1.82, 2.24) is 4.57 Å². The summed E-state index contributed by atoms with van der Waals surface area (Å²) in [6.07, 6.45) is 1.84. The average molecular weight is 248 g/mol. The van der Waals surface area contributed by atoms with Crippen LogP contribution in [-0.4, -0.2) is 22.6 Å². The van der Waals surface area contributed by atoms with Crippen LogP contribution < -0.4 is 5.73 Å². The monoisotopic (exact) mass is 248 g/mol. The second kappa shape index (κ2) is 4.55. The van der Waals surface area contributed by atoms with E-state index >= 15 is 0 Å². The zero-order chi connectivity index (χ0) is 12.4. The normalized spacial score (nSPS) is 10.4. The molecule has 4 nitrogen and oxygen atoms in total. The molecule has 2 N–H and O–H groups in total. The van der Waals surface area contributed by atoms with Gasteiger partial charge in [-0.15, -0.1) is 0 Å². The van der Waals surface area contributed by atoms with Crippen LogP contribution in [-0.2, 0) is 16.1 Å². The highest BCUT2D eigenvalue weighted by Crippen LogP contribution is 2.17. The number of esters is 1. The number of thiocarbonyl (C=S) groups is 1. The van der Waals surface area contributed by atoms with Crippen LogP contribution in [0.25, 0.3) is 10.9 Å². The summed E-state index contributed by atoms with van der Waals surface area (Å²) < 4.78 is 6.46. The van der Waals surface area contributed by atoms with Gasteiger partial charge in [0, 0.05) is 22.7 Å². The lowest BCUT2D eigenvalue weighted by Gasteiger charge is -2.04. The van der Waals surface area contributed by atoms with Gasteiger partial charge in [-0.2, -0.15) is 0 Å². The number of methoxy groups -OCH3 is 1. The minimum atomic E-state index is -0.277. The van der Waals surface area contributed by atoms with Gasteiger partial charge in [0.2, 0.25) is 0 Å². The Labute approximate surface area is 104 Å². The topological polar surface area (TPSA) is 57.2 Å². The number of benzene rings is 1. The smallest absolute Gasteiger partial charge is 0.325 e. The zero-order valence-electron chi connectivity index (χ0n) is 9.34. The lowest BCUT2D eigenvalue weighted by molar-refractivity contribution is -0.141. The maximum absolute atomic E-state index is 11.2. The summed E-state index contributed by atoms with van der Waals surface area (Å²) in [6.45, 7) is 0.201. The van der Waals surface area contributed by atoms with E-state index in [1.165, 1.54) is 7.11 Å². The first-order chi connectivity index (χ1) is 8.11. The summed E-state index contributed by atoms with van der Waals surface area (Å²) in [5, 5.41) is 0.999. The molecule has 0 atom stereocenters. The molecule has 5 heteroatoms. The van der Waals surface area contributed by atoms with Crippen LogP contribution in [0.5, 0.6) is 0 Å². The number of rotatable bonds is 3. The molecule has 17 heavy (non-hydrogen) atoms. The molecule has 2 rings (SSSR count). The summed E-state index contributed by atoms with van der Waals surface area (Å²) in [5.74, 6) is -0.277.